The Balaban J connectivity index is 3.96. The van der Waals surface area contributed by atoms with Gasteiger partial charge >= 0.3 is 0 Å². The molecule has 0 atom stereocenters. The normalized spacial score (nSPS) is 12.5. The second-order valence-corrected chi connectivity index (χ2v) is 3.87. The maximum atomic E-state index is 8.99. The van der Waals surface area contributed by atoms with Crippen molar-refractivity contribution >= 4 is 0 Å². The number of quaternary nitrogens is 1. The molecule has 0 rings (SSSR count). The largest absolute Gasteiger partial charge is 0.390 e. The number of likely N-dealkylation sites (N-methyl/N-ethyl adjacent to an activating group) is 1. The lowest BCUT2D eigenvalue weighted by Crippen LogP contribution is -2.53. The molecule has 74 valence electrons. The summed E-state index contributed by atoms with van der Waals surface area (Å²) in [6.07, 6.45) is 2.30. The van der Waals surface area contributed by atoms with Crippen molar-refractivity contribution in [2.24, 2.45) is 0 Å². The van der Waals surface area contributed by atoms with Crippen LogP contribution in [0.5, 0.6) is 0 Å². The number of hydrogen-bond donors (Lipinski definition) is 2. The van der Waals surface area contributed by atoms with Crippen molar-refractivity contribution in [2.75, 3.05) is 33.9 Å². The Bertz CT molecular complexity index is 111. The Kier molecular flexibility index (Phi) is 5.46. The fourth-order valence-electron chi connectivity index (χ4n) is 1.25. The van der Waals surface area contributed by atoms with E-state index in [1.807, 2.05) is 14.1 Å². The van der Waals surface area contributed by atoms with Crippen LogP contribution in [0.2, 0.25) is 0 Å². The van der Waals surface area contributed by atoms with Crippen molar-refractivity contribution in [1.29, 1.82) is 0 Å². The zero-order chi connectivity index (χ0) is 9.61. The van der Waals surface area contributed by atoms with Gasteiger partial charge in [-0.25, -0.2) is 0 Å². The lowest BCUT2D eigenvalue weighted by Gasteiger charge is -2.36. The predicted octanol–water partition coefficient (Wildman–Crippen LogP) is 0.216. The maximum Gasteiger partial charge on any atom is 0.135 e. The molecule has 0 amide bonds. The molecule has 12 heavy (non-hydrogen) atoms. The number of hydrogen-bond acceptors (Lipinski definition) is 2. The summed E-state index contributed by atoms with van der Waals surface area (Å²) < 4.78 is 0.709. The molecule has 0 saturated heterocycles. The molecule has 0 spiro atoms. The van der Waals surface area contributed by atoms with Gasteiger partial charge in [-0.05, 0) is 6.42 Å². The average molecular weight is 176 g/mol. The molecule has 0 radical (unpaired) electrons. The van der Waals surface area contributed by atoms with E-state index >= 15 is 0 Å². The molecule has 0 fully saturated rings. The molecule has 0 aromatic rings. The van der Waals surface area contributed by atoms with E-state index < -0.39 is 0 Å². The molecule has 3 nitrogen and oxygen atoms in total. The zero-order valence-corrected chi connectivity index (χ0v) is 8.45. The third-order valence-electron chi connectivity index (χ3n) is 2.50. The van der Waals surface area contributed by atoms with Gasteiger partial charge in [0.2, 0.25) is 0 Å². The lowest BCUT2D eigenvalue weighted by molar-refractivity contribution is -0.916. The average Bonchev–Trinajstić information content (AvgIpc) is 2.03. The summed E-state index contributed by atoms with van der Waals surface area (Å²) in [5.41, 5.74) is 0. The molecule has 0 aliphatic carbocycles. The maximum absolute atomic E-state index is 8.99. The van der Waals surface area contributed by atoms with Crippen molar-refractivity contribution in [3.8, 4) is 0 Å². The van der Waals surface area contributed by atoms with Crippen LogP contribution in [-0.2, 0) is 0 Å². The standard InChI is InChI=1S/C9H22NO2/c1-4-5-6-10(2,3)9(7-11)8-12/h9,11-12H,4-8H2,1-3H3/q+1. The van der Waals surface area contributed by atoms with Crippen LogP contribution in [0.1, 0.15) is 19.8 Å². The van der Waals surface area contributed by atoms with Crippen LogP contribution in [0.15, 0.2) is 0 Å². The van der Waals surface area contributed by atoms with Gasteiger partial charge in [0, 0.05) is 0 Å². The summed E-state index contributed by atoms with van der Waals surface area (Å²) in [4.78, 5) is 0. The first-order valence-corrected chi connectivity index (χ1v) is 4.62. The van der Waals surface area contributed by atoms with Crippen molar-refractivity contribution in [2.45, 2.75) is 25.8 Å². The molecule has 0 aromatic heterocycles. The third kappa shape index (κ3) is 3.52. The van der Waals surface area contributed by atoms with Crippen molar-refractivity contribution < 1.29 is 14.7 Å². The van der Waals surface area contributed by atoms with Gasteiger partial charge in [-0.15, -0.1) is 0 Å². The smallest absolute Gasteiger partial charge is 0.135 e. The van der Waals surface area contributed by atoms with E-state index in [9.17, 15) is 0 Å². The van der Waals surface area contributed by atoms with Crippen molar-refractivity contribution in [3.05, 3.63) is 0 Å². The predicted molar refractivity (Wildman–Crippen MR) is 49.8 cm³/mol. The molecule has 0 unspecified atom stereocenters. The minimum absolute atomic E-state index is 0.0310. The second-order valence-electron chi connectivity index (χ2n) is 3.87. The number of aliphatic hydroxyl groups is 2. The molecule has 0 aliphatic rings. The van der Waals surface area contributed by atoms with E-state index in [0.717, 1.165) is 19.4 Å². The second kappa shape index (κ2) is 5.51. The van der Waals surface area contributed by atoms with Gasteiger partial charge in [0.15, 0.2) is 0 Å². The summed E-state index contributed by atoms with van der Waals surface area (Å²) in [6, 6.07) is -0.0310. The van der Waals surface area contributed by atoms with Gasteiger partial charge in [-0.1, -0.05) is 13.3 Å². The first kappa shape index (κ1) is 11.9. The quantitative estimate of drug-likeness (QED) is 0.568. The van der Waals surface area contributed by atoms with Crippen LogP contribution < -0.4 is 0 Å². The van der Waals surface area contributed by atoms with Crippen LogP contribution in [0.4, 0.5) is 0 Å². The molecule has 3 heteroatoms. The van der Waals surface area contributed by atoms with E-state index in [4.69, 9.17) is 10.2 Å². The minimum atomic E-state index is -0.0310. The fraction of sp³-hybridized carbons (Fsp3) is 1.00. The third-order valence-corrected chi connectivity index (χ3v) is 2.50. The van der Waals surface area contributed by atoms with E-state index in [2.05, 4.69) is 6.92 Å². The molecular formula is C9H22NO2+. The van der Waals surface area contributed by atoms with Crippen molar-refractivity contribution in [3.63, 3.8) is 0 Å². The number of unbranched alkanes of at least 4 members (excludes halogenated alkanes) is 1. The summed E-state index contributed by atoms with van der Waals surface area (Å²) >= 11 is 0. The SMILES string of the molecule is CCCC[N+](C)(C)C(CO)CO. The molecule has 0 bridgehead atoms. The first-order chi connectivity index (χ1) is 5.58. The van der Waals surface area contributed by atoms with E-state index in [1.54, 1.807) is 0 Å². The Morgan fingerprint density at radius 3 is 2.00 bits per heavy atom. The summed E-state index contributed by atoms with van der Waals surface area (Å²) in [5, 5.41) is 18.0. The van der Waals surface area contributed by atoms with Gasteiger partial charge in [0.25, 0.3) is 0 Å². The van der Waals surface area contributed by atoms with Crippen molar-refractivity contribution in [1.82, 2.24) is 0 Å². The topological polar surface area (TPSA) is 40.5 Å². The molecule has 2 N–H and O–H groups in total. The van der Waals surface area contributed by atoms with Crippen LogP contribution in [0.3, 0.4) is 0 Å². The monoisotopic (exact) mass is 176 g/mol. The highest BCUT2D eigenvalue weighted by molar-refractivity contribution is 4.53. The van der Waals surface area contributed by atoms with Gasteiger partial charge in [0.1, 0.15) is 6.04 Å². The number of aliphatic hydroxyl groups excluding tert-OH is 2. The number of rotatable bonds is 6. The Morgan fingerprint density at radius 2 is 1.67 bits per heavy atom. The van der Waals surface area contributed by atoms with Crippen LogP contribution >= 0.6 is 0 Å². The van der Waals surface area contributed by atoms with Crippen LogP contribution in [-0.4, -0.2) is 54.6 Å². The van der Waals surface area contributed by atoms with Crippen LogP contribution in [0, 0.1) is 0 Å². The van der Waals surface area contributed by atoms with Gasteiger partial charge in [-0.3, -0.25) is 0 Å². The Labute approximate surface area is 75.2 Å². The summed E-state index contributed by atoms with van der Waals surface area (Å²) in [6.45, 7) is 3.29. The zero-order valence-electron chi connectivity index (χ0n) is 8.45. The van der Waals surface area contributed by atoms with Gasteiger partial charge < -0.3 is 14.7 Å². The highest BCUT2D eigenvalue weighted by Crippen LogP contribution is 2.08. The minimum Gasteiger partial charge on any atom is -0.390 e. The molecular weight excluding hydrogens is 154 g/mol. The van der Waals surface area contributed by atoms with Crippen LogP contribution in [0.25, 0.3) is 0 Å². The summed E-state index contributed by atoms with van der Waals surface area (Å²) in [5.74, 6) is 0. The Morgan fingerprint density at radius 1 is 1.17 bits per heavy atom. The molecule has 0 aliphatic heterocycles. The van der Waals surface area contributed by atoms with E-state index in [0.29, 0.717) is 4.48 Å². The Hall–Kier alpha value is -0.120. The molecule has 0 aromatic carbocycles. The summed E-state index contributed by atoms with van der Waals surface area (Å²) in [7, 11) is 4.10. The van der Waals surface area contributed by atoms with Gasteiger partial charge in [-0.2, -0.15) is 0 Å². The number of nitrogens with zero attached hydrogens (tertiary/aromatic N) is 1. The molecule has 0 heterocycles. The van der Waals surface area contributed by atoms with E-state index in [1.165, 1.54) is 0 Å². The molecule has 0 saturated carbocycles. The highest BCUT2D eigenvalue weighted by Gasteiger charge is 2.25. The van der Waals surface area contributed by atoms with E-state index in [-0.39, 0.29) is 19.3 Å². The lowest BCUT2D eigenvalue weighted by atomic mass is 10.2. The van der Waals surface area contributed by atoms with Gasteiger partial charge in [0.05, 0.1) is 33.9 Å². The fourth-order valence-corrected chi connectivity index (χ4v) is 1.25. The highest BCUT2D eigenvalue weighted by atomic mass is 16.3. The first-order valence-electron chi connectivity index (χ1n) is 4.62.